The van der Waals surface area contributed by atoms with Gasteiger partial charge in [0.1, 0.15) is 0 Å². The molecule has 1 saturated carbocycles. The summed E-state index contributed by atoms with van der Waals surface area (Å²) in [6.07, 6.45) is 6.20. The second-order valence-electron chi connectivity index (χ2n) is 6.19. The summed E-state index contributed by atoms with van der Waals surface area (Å²) in [5.41, 5.74) is -0.551. The number of carboxylic acids is 1. The molecule has 0 aromatic carbocycles. The van der Waals surface area contributed by atoms with Crippen LogP contribution < -0.4 is 0 Å². The van der Waals surface area contributed by atoms with Gasteiger partial charge in [0, 0.05) is 11.1 Å². The second kappa shape index (κ2) is 5.61. The molecule has 106 valence electrons. The molecule has 0 amide bonds. The summed E-state index contributed by atoms with van der Waals surface area (Å²) in [4.78, 5) is 17.1. The molecular formula is C15H23NO2S. The van der Waals surface area contributed by atoms with Crippen molar-refractivity contribution in [2.45, 2.75) is 52.9 Å². The topological polar surface area (TPSA) is 50.2 Å². The molecule has 3 nitrogen and oxygen atoms in total. The van der Waals surface area contributed by atoms with E-state index in [4.69, 9.17) is 0 Å². The summed E-state index contributed by atoms with van der Waals surface area (Å²) in [7, 11) is 0. The number of hydrogen-bond acceptors (Lipinski definition) is 3. The predicted molar refractivity (Wildman–Crippen MR) is 77.4 cm³/mol. The maximum absolute atomic E-state index is 11.7. The van der Waals surface area contributed by atoms with Gasteiger partial charge in [0.05, 0.1) is 10.4 Å². The van der Waals surface area contributed by atoms with Crippen molar-refractivity contribution in [2.24, 2.45) is 17.3 Å². The van der Waals surface area contributed by atoms with Crippen molar-refractivity contribution >= 4 is 17.3 Å². The van der Waals surface area contributed by atoms with Crippen LogP contribution in [-0.2, 0) is 11.2 Å². The van der Waals surface area contributed by atoms with Crippen molar-refractivity contribution in [1.82, 2.24) is 4.98 Å². The van der Waals surface area contributed by atoms with Gasteiger partial charge < -0.3 is 5.11 Å². The zero-order valence-electron chi connectivity index (χ0n) is 12.0. The Morgan fingerprint density at radius 3 is 2.58 bits per heavy atom. The molecule has 4 heteroatoms. The molecule has 1 aliphatic carbocycles. The van der Waals surface area contributed by atoms with E-state index < -0.39 is 11.4 Å². The standard InChI is InChI=1S/C15H23NO2S/c1-10(2)12-4-6-15(7-5-12,14(17)18)8-13-9-16-11(3)19-13/h9-10,12H,4-8H2,1-3H3,(H,17,18). The zero-order valence-corrected chi connectivity index (χ0v) is 12.8. The minimum atomic E-state index is -0.624. The molecule has 1 heterocycles. The van der Waals surface area contributed by atoms with Crippen LogP contribution in [-0.4, -0.2) is 16.1 Å². The fraction of sp³-hybridized carbons (Fsp3) is 0.733. The van der Waals surface area contributed by atoms with E-state index in [0.717, 1.165) is 35.6 Å². The SMILES string of the molecule is Cc1ncc(CC2(C(=O)O)CCC(C(C)C)CC2)s1. The second-order valence-corrected chi connectivity index (χ2v) is 7.51. The summed E-state index contributed by atoms with van der Waals surface area (Å²) < 4.78 is 0. The molecule has 1 aromatic rings. The fourth-order valence-electron chi connectivity index (χ4n) is 3.15. The van der Waals surface area contributed by atoms with Gasteiger partial charge in [-0.05, 0) is 50.9 Å². The number of thiazole rings is 1. The number of rotatable bonds is 4. The highest BCUT2D eigenvalue weighted by atomic mass is 32.1. The van der Waals surface area contributed by atoms with Crippen LogP contribution in [0, 0.1) is 24.2 Å². The van der Waals surface area contributed by atoms with E-state index >= 15 is 0 Å². The highest BCUT2D eigenvalue weighted by molar-refractivity contribution is 7.11. The van der Waals surface area contributed by atoms with Crippen molar-refractivity contribution in [1.29, 1.82) is 0 Å². The molecule has 0 spiro atoms. The van der Waals surface area contributed by atoms with Crippen LogP contribution in [0.1, 0.15) is 49.4 Å². The van der Waals surface area contributed by atoms with E-state index in [0.29, 0.717) is 18.3 Å². The average molecular weight is 281 g/mol. The van der Waals surface area contributed by atoms with Gasteiger partial charge in [0.15, 0.2) is 0 Å². The normalized spacial score (nSPS) is 27.7. The minimum Gasteiger partial charge on any atom is -0.481 e. The Morgan fingerprint density at radius 1 is 1.53 bits per heavy atom. The zero-order chi connectivity index (χ0) is 14.0. The highest BCUT2D eigenvalue weighted by Crippen LogP contribution is 2.44. The van der Waals surface area contributed by atoms with E-state index in [1.165, 1.54) is 0 Å². The van der Waals surface area contributed by atoms with Gasteiger partial charge in [-0.1, -0.05) is 13.8 Å². The number of aromatic nitrogens is 1. The largest absolute Gasteiger partial charge is 0.481 e. The number of aryl methyl sites for hydroxylation is 1. The van der Waals surface area contributed by atoms with Crippen LogP contribution in [0.25, 0.3) is 0 Å². The maximum atomic E-state index is 11.7. The summed E-state index contributed by atoms with van der Waals surface area (Å²) in [6, 6.07) is 0. The van der Waals surface area contributed by atoms with E-state index in [2.05, 4.69) is 18.8 Å². The van der Waals surface area contributed by atoms with E-state index in [-0.39, 0.29) is 0 Å². The molecule has 2 rings (SSSR count). The van der Waals surface area contributed by atoms with E-state index in [9.17, 15) is 9.90 Å². The summed E-state index contributed by atoms with van der Waals surface area (Å²) in [5.74, 6) is 0.730. The van der Waals surface area contributed by atoms with Crippen LogP contribution in [0.15, 0.2) is 6.20 Å². The van der Waals surface area contributed by atoms with Gasteiger partial charge in [-0.2, -0.15) is 0 Å². The van der Waals surface area contributed by atoms with Gasteiger partial charge in [-0.3, -0.25) is 4.79 Å². The molecule has 0 atom stereocenters. The molecule has 0 saturated heterocycles. The van der Waals surface area contributed by atoms with Crippen LogP contribution >= 0.6 is 11.3 Å². The maximum Gasteiger partial charge on any atom is 0.309 e. The highest BCUT2D eigenvalue weighted by Gasteiger charge is 2.42. The Hall–Kier alpha value is -0.900. The molecule has 1 fully saturated rings. The van der Waals surface area contributed by atoms with Crippen molar-refractivity contribution in [2.75, 3.05) is 0 Å². The number of aliphatic carboxylic acids is 1. The van der Waals surface area contributed by atoms with Crippen molar-refractivity contribution in [3.63, 3.8) is 0 Å². The third-order valence-electron chi connectivity index (χ3n) is 4.57. The Labute approximate surface area is 119 Å². The van der Waals surface area contributed by atoms with E-state index in [1.54, 1.807) is 11.3 Å². The lowest BCUT2D eigenvalue weighted by Gasteiger charge is -2.38. The molecule has 0 aliphatic heterocycles. The third-order valence-corrected chi connectivity index (χ3v) is 5.48. The van der Waals surface area contributed by atoms with Crippen LogP contribution in [0.4, 0.5) is 0 Å². The number of carbonyl (C=O) groups is 1. The van der Waals surface area contributed by atoms with Crippen molar-refractivity contribution in [3.05, 3.63) is 16.1 Å². The van der Waals surface area contributed by atoms with Crippen LogP contribution in [0.2, 0.25) is 0 Å². The Kier molecular flexibility index (Phi) is 4.29. The van der Waals surface area contributed by atoms with Gasteiger partial charge >= 0.3 is 5.97 Å². The van der Waals surface area contributed by atoms with Crippen LogP contribution in [0.3, 0.4) is 0 Å². The molecule has 1 aromatic heterocycles. The monoisotopic (exact) mass is 281 g/mol. The first-order valence-corrected chi connectivity index (χ1v) is 7.89. The number of nitrogens with zero attached hydrogens (tertiary/aromatic N) is 1. The number of carboxylic acid groups (broad SMARTS) is 1. The van der Waals surface area contributed by atoms with Gasteiger partial charge in [-0.15, -0.1) is 11.3 Å². The lowest BCUT2D eigenvalue weighted by atomic mass is 9.66. The Balaban J connectivity index is 2.10. The fourth-order valence-corrected chi connectivity index (χ4v) is 4.08. The lowest BCUT2D eigenvalue weighted by Crippen LogP contribution is -2.38. The molecule has 1 aliphatic rings. The quantitative estimate of drug-likeness (QED) is 0.910. The first-order valence-electron chi connectivity index (χ1n) is 7.08. The van der Waals surface area contributed by atoms with Gasteiger partial charge in [0.2, 0.25) is 0 Å². The Morgan fingerprint density at radius 2 is 2.16 bits per heavy atom. The first kappa shape index (κ1) is 14.5. The summed E-state index contributed by atoms with van der Waals surface area (Å²) in [5, 5.41) is 10.7. The molecular weight excluding hydrogens is 258 g/mol. The first-order chi connectivity index (χ1) is 8.93. The lowest BCUT2D eigenvalue weighted by molar-refractivity contribution is -0.151. The Bertz CT molecular complexity index is 445. The van der Waals surface area contributed by atoms with E-state index in [1.807, 2.05) is 13.1 Å². The molecule has 19 heavy (non-hydrogen) atoms. The molecule has 0 bridgehead atoms. The minimum absolute atomic E-state index is 0.551. The predicted octanol–water partition coefficient (Wildman–Crippen LogP) is 3.91. The molecule has 0 radical (unpaired) electrons. The van der Waals surface area contributed by atoms with Gasteiger partial charge in [-0.25, -0.2) is 4.98 Å². The third kappa shape index (κ3) is 3.16. The number of hydrogen-bond donors (Lipinski definition) is 1. The molecule has 1 N–H and O–H groups in total. The van der Waals surface area contributed by atoms with Crippen molar-refractivity contribution in [3.8, 4) is 0 Å². The average Bonchev–Trinajstić information content (AvgIpc) is 2.75. The van der Waals surface area contributed by atoms with Crippen molar-refractivity contribution < 1.29 is 9.90 Å². The summed E-state index contributed by atoms with van der Waals surface area (Å²) in [6.45, 7) is 6.45. The van der Waals surface area contributed by atoms with Gasteiger partial charge in [0.25, 0.3) is 0 Å². The van der Waals surface area contributed by atoms with Crippen LogP contribution in [0.5, 0.6) is 0 Å². The summed E-state index contributed by atoms with van der Waals surface area (Å²) >= 11 is 1.63. The molecule has 0 unspecified atom stereocenters. The smallest absolute Gasteiger partial charge is 0.309 e.